The Morgan fingerprint density at radius 1 is 1.30 bits per heavy atom. The van der Waals surface area contributed by atoms with Crippen molar-refractivity contribution in [2.24, 2.45) is 0 Å². The summed E-state index contributed by atoms with van der Waals surface area (Å²) in [6, 6.07) is 5.58. The van der Waals surface area contributed by atoms with Crippen LogP contribution in [0.2, 0.25) is 0 Å². The number of rotatable bonds is 4. The van der Waals surface area contributed by atoms with Crippen molar-refractivity contribution < 1.29 is 9.50 Å². The molecule has 1 aromatic heterocycles. The minimum Gasteiger partial charge on any atom is -0.508 e. The smallest absolute Gasteiger partial charge is 0.123 e. The second-order valence-corrected chi connectivity index (χ2v) is 4.86. The molecule has 4 nitrogen and oxygen atoms in total. The lowest BCUT2D eigenvalue weighted by Gasteiger charge is -2.22. The molecular weight excluding hydrogens is 257 g/mol. The molecule has 0 aliphatic carbocycles. The fourth-order valence-corrected chi connectivity index (χ4v) is 2.07. The Bertz CT molecular complexity index is 601. The molecule has 2 aromatic rings. The molecule has 0 saturated heterocycles. The predicted molar refractivity (Wildman–Crippen MR) is 78.7 cm³/mol. The minimum atomic E-state index is -0.370. The first-order valence-corrected chi connectivity index (χ1v) is 6.35. The van der Waals surface area contributed by atoms with E-state index in [1.165, 1.54) is 18.2 Å². The van der Waals surface area contributed by atoms with Crippen molar-refractivity contribution >= 4 is 11.4 Å². The zero-order valence-electron chi connectivity index (χ0n) is 11.8. The number of phenols is 1. The lowest BCUT2D eigenvalue weighted by molar-refractivity contribution is 0.462. The molecule has 1 heterocycles. The van der Waals surface area contributed by atoms with Crippen LogP contribution in [0.15, 0.2) is 36.7 Å². The number of aromatic nitrogens is 1. The minimum absolute atomic E-state index is 0.0710. The van der Waals surface area contributed by atoms with Crippen LogP contribution in [0.5, 0.6) is 5.75 Å². The first-order valence-electron chi connectivity index (χ1n) is 6.35. The van der Waals surface area contributed by atoms with E-state index in [4.69, 9.17) is 0 Å². The number of pyridine rings is 1. The van der Waals surface area contributed by atoms with Gasteiger partial charge in [0, 0.05) is 25.9 Å². The molecule has 20 heavy (non-hydrogen) atoms. The van der Waals surface area contributed by atoms with Crippen LogP contribution in [-0.4, -0.2) is 24.2 Å². The average Bonchev–Trinajstić information content (AvgIpc) is 2.41. The van der Waals surface area contributed by atoms with Crippen molar-refractivity contribution in [3.63, 3.8) is 0 Å². The lowest BCUT2D eigenvalue weighted by Crippen LogP contribution is -2.14. The number of aromatic hydroxyl groups is 1. The second kappa shape index (κ2) is 5.77. The summed E-state index contributed by atoms with van der Waals surface area (Å²) in [6.45, 7) is 1.86. The molecule has 0 saturated carbocycles. The summed E-state index contributed by atoms with van der Waals surface area (Å²) < 4.78 is 13.3. The number of halogens is 1. The van der Waals surface area contributed by atoms with Gasteiger partial charge in [-0.1, -0.05) is 0 Å². The summed E-state index contributed by atoms with van der Waals surface area (Å²) in [5.74, 6) is -0.299. The zero-order chi connectivity index (χ0) is 14.7. The average molecular weight is 275 g/mol. The monoisotopic (exact) mass is 275 g/mol. The van der Waals surface area contributed by atoms with Gasteiger partial charge >= 0.3 is 0 Å². The normalized spacial score (nSPS) is 12.0. The van der Waals surface area contributed by atoms with Crippen molar-refractivity contribution in [2.75, 3.05) is 24.3 Å². The molecule has 2 N–H and O–H groups in total. The van der Waals surface area contributed by atoms with Gasteiger partial charge in [0.25, 0.3) is 0 Å². The highest BCUT2D eigenvalue weighted by Crippen LogP contribution is 2.30. The third-order valence-corrected chi connectivity index (χ3v) is 3.11. The van der Waals surface area contributed by atoms with Gasteiger partial charge < -0.3 is 15.3 Å². The van der Waals surface area contributed by atoms with E-state index in [1.54, 1.807) is 12.4 Å². The fraction of sp³-hybridized carbons (Fsp3) is 0.267. The maximum Gasteiger partial charge on any atom is 0.123 e. The molecule has 1 unspecified atom stereocenters. The van der Waals surface area contributed by atoms with Crippen molar-refractivity contribution in [1.29, 1.82) is 0 Å². The van der Waals surface area contributed by atoms with E-state index < -0.39 is 0 Å². The van der Waals surface area contributed by atoms with Gasteiger partial charge in [0.2, 0.25) is 0 Å². The highest BCUT2D eigenvalue weighted by molar-refractivity contribution is 5.68. The summed E-state index contributed by atoms with van der Waals surface area (Å²) in [4.78, 5) is 6.05. The van der Waals surface area contributed by atoms with Gasteiger partial charge in [-0.15, -0.1) is 0 Å². The van der Waals surface area contributed by atoms with E-state index in [0.717, 1.165) is 11.4 Å². The van der Waals surface area contributed by atoms with Gasteiger partial charge in [-0.25, -0.2) is 4.39 Å². The van der Waals surface area contributed by atoms with E-state index >= 15 is 0 Å². The van der Waals surface area contributed by atoms with Gasteiger partial charge in [0.15, 0.2) is 0 Å². The number of nitrogens with zero attached hydrogens (tertiary/aromatic N) is 2. The molecule has 0 bridgehead atoms. The Labute approximate surface area is 117 Å². The van der Waals surface area contributed by atoms with Crippen molar-refractivity contribution in [3.8, 4) is 5.75 Å². The van der Waals surface area contributed by atoms with Gasteiger partial charge in [-0.3, -0.25) is 4.98 Å². The first kappa shape index (κ1) is 14.1. The summed E-state index contributed by atoms with van der Waals surface area (Å²) in [5, 5.41) is 13.1. The molecule has 0 spiro atoms. The molecule has 0 radical (unpaired) electrons. The highest BCUT2D eigenvalue weighted by Gasteiger charge is 2.13. The van der Waals surface area contributed by atoms with Crippen LogP contribution in [0.4, 0.5) is 15.8 Å². The van der Waals surface area contributed by atoms with Gasteiger partial charge in [-0.05, 0) is 31.2 Å². The summed E-state index contributed by atoms with van der Waals surface area (Å²) in [7, 11) is 3.87. The van der Waals surface area contributed by atoms with E-state index in [-0.39, 0.29) is 17.6 Å². The standard InChI is InChI=1S/C15H18FN3O/c1-10(12-8-11(16)4-5-15(12)20)18-13-9-17-7-6-14(13)19(2)3/h4-10,18,20H,1-3H3. The molecule has 5 heteroatoms. The third-order valence-electron chi connectivity index (χ3n) is 3.11. The van der Waals surface area contributed by atoms with Crippen LogP contribution in [0.3, 0.4) is 0 Å². The molecule has 0 amide bonds. The second-order valence-electron chi connectivity index (χ2n) is 4.86. The Hall–Kier alpha value is -2.30. The van der Waals surface area contributed by atoms with E-state index in [1.807, 2.05) is 32.0 Å². The van der Waals surface area contributed by atoms with Crippen LogP contribution < -0.4 is 10.2 Å². The maximum atomic E-state index is 13.3. The molecule has 0 fully saturated rings. The first-order chi connectivity index (χ1) is 9.49. The van der Waals surface area contributed by atoms with Gasteiger partial charge in [0.05, 0.1) is 23.6 Å². The number of hydrogen-bond acceptors (Lipinski definition) is 4. The molecule has 1 atom stereocenters. The van der Waals surface area contributed by atoms with E-state index in [2.05, 4.69) is 10.3 Å². The van der Waals surface area contributed by atoms with Crippen LogP contribution in [0.25, 0.3) is 0 Å². The zero-order valence-corrected chi connectivity index (χ0v) is 11.8. The lowest BCUT2D eigenvalue weighted by atomic mass is 10.1. The maximum absolute atomic E-state index is 13.3. The Morgan fingerprint density at radius 3 is 2.75 bits per heavy atom. The molecule has 2 rings (SSSR count). The van der Waals surface area contributed by atoms with Crippen molar-refractivity contribution in [1.82, 2.24) is 4.98 Å². The van der Waals surface area contributed by atoms with Crippen LogP contribution >= 0.6 is 0 Å². The van der Waals surface area contributed by atoms with Crippen LogP contribution in [0, 0.1) is 5.82 Å². The number of hydrogen-bond donors (Lipinski definition) is 2. The number of benzene rings is 1. The quantitative estimate of drug-likeness (QED) is 0.900. The predicted octanol–water partition coefficient (Wildman–Crippen LogP) is 3.17. The van der Waals surface area contributed by atoms with Gasteiger partial charge in [-0.2, -0.15) is 0 Å². The van der Waals surface area contributed by atoms with E-state index in [0.29, 0.717) is 5.56 Å². The largest absolute Gasteiger partial charge is 0.508 e. The Kier molecular flexibility index (Phi) is 4.08. The van der Waals surface area contributed by atoms with E-state index in [9.17, 15) is 9.50 Å². The topological polar surface area (TPSA) is 48.4 Å². The molecule has 1 aromatic carbocycles. The summed E-state index contributed by atoms with van der Waals surface area (Å²) in [6.07, 6.45) is 3.42. The van der Waals surface area contributed by atoms with Gasteiger partial charge in [0.1, 0.15) is 11.6 Å². The Balaban J connectivity index is 2.28. The highest BCUT2D eigenvalue weighted by atomic mass is 19.1. The van der Waals surface area contributed by atoms with Crippen molar-refractivity contribution in [2.45, 2.75) is 13.0 Å². The number of anilines is 2. The van der Waals surface area contributed by atoms with Crippen LogP contribution in [-0.2, 0) is 0 Å². The molecular formula is C15H18FN3O. The summed E-state index contributed by atoms with van der Waals surface area (Å²) >= 11 is 0. The number of nitrogens with one attached hydrogen (secondary N) is 1. The molecule has 106 valence electrons. The third kappa shape index (κ3) is 2.99. The SMILES string of the molecule is CC(Nc1cnccc1N(C)C)c1cc(F)ccc1O. The van der Waals surface area contributed by atoms with Crippen molar-refractivity contribution in [3.05, 3.63) is 48.0 Å². The molecule has 0 aliphatic heterocycles. The number of phenolic OH excluding ortho intramolecular Hbond substituents is 1. The summed E-state index contributed by atoms with van der Waals surface area (Å²) in [5.41, 5.74) is 2.31. The van der Waals surface area contributed by atoms with Crippen LogP contribution in [0.1, 0.15) is 18.5 Å². The Morgan fingerprint density at radius 2 is 2.05 bits per heavy atom. The fourth-order valence-electron chi connectivity index (χ4n) is 2.07. The molecule has 0 aliphatic rings.